The Bertz CT molecular complexity index is 1070. The summed E-state index contributed by atoms with van der Waals surface area (Å²) in [5, 5.41) is 0. The standard InChI is InChI=1S/C19H20N4O3S/c1-27(25,26)22-14-7-4-6-13(12-14)19(24)23-11-5-10-17(23)18-20-15-8-2-3-9-16(15)21-18/h2-4,6-9,12,17,22H,5,10-11H2,1H3,(H,20,21)/t17-/m0/s1. The highest BCUT2D eigenvalue weighted by Crippen LogP contribution is 2.33. The molecule has 4 rings (SSSR count). The third kappa shape index (κ3) is 3.66. The maximum Gasteiger partial charge on any atom is 0.254 e. The minimum absolute atomic E-state index is 0.114. The smallest absolute Gasteiger partial charge is 0.254 e. The van der Waals surface area contributed by atoms with E-state index in [-0.39, 0.29) is 11.9 Å². The molecule has 1 amide bonds. The molecule has 1 fully saturated rings. The number of likely N-dealkylation sites (tertiary alicyclic amines) is 1. The zero-order valence-electron chi connectivity index (χ0n) is 14.8. The molecule has 3 aromatic rings. The number of rotatable bonds is 4. The molecule has 1 saturated heterocycles. The van der Waals surface area contributed by atoms with Crippen LogP contribution in [0, 0.1) is 0 Å². The molecule has 2 N–H and O–H groups in total. The first-order valence-corrected chi connectivity index (χ1v) is 10.6. The van der Waals surface area contributed by atoms with Crippen molar-refractivity contribution >= 4 is 32.7 Å². The van der Waals surface area contributed by atoms with Gasteiger partial charge in [-0.2, -0.15) is 0 Å². The van der Waals surface area contributed by atoms with Crippen LogP contribution in [-0.2, 0) is 10.0 Å². The number of fused-ring (bicyclic) bond motifs is 1. The Kier molecular flexibility index (Phi) is 4.35. The summed E-state index contributed by atoms with van der Waals surface area (Å²) in [6, 6.07) is 14.2. The molecule has 1 aromatic heterocycles. The van der Waals surface area contributed by atoms with Gasteiger partial charge in [-0.1, -0.05) is 18.2 Å². The lowest BCUT2D eigenvalue weighted by Gasteiger charge is -2.23. The molecule has 1 atom stereocenters. The SMILES string of the molecule is CS(=O)(=O)Nc1cccc(C(=O)N2CCC[C@H]2c2nc3ccccc3[nH]2)c1. The van der Waals surface area contributed by atoms with Gasteiger partial charge in [0.2, 0.25) is 10.0 Å². The Morgan fingerprint density at radius 2 is 2.04 bits per heavy atom. The Morgan fingerprint density at radius 3 is 2.81 bits per heavy atom. The number of aromatic amines is 1. The van der Waals surface area contributed by atoms with Crippen LogP contribution < -0.4 is 4.72 Å². The maximum absolute atomic E-state index is 13.1. The highest BCUT2D eigenvalue weighted by molar-refractivity contribution is 7.92. The van der Waals surface area contributed by atoms with Crippen LogP contribution in [0.5, 0.6) is 0 Å². The number of hydrogen-bond donors (Lipinski definition) is 2. The second kappa shape index (κ2) is 6.70. The van der Waals surface area contributed by atoms with Crippen LogP contribution in [0.2, 0.25) is 0 Å². The van der Waals surface area contributed by atoms with Crippen LogP contribution in [0.1, 0.15) is 35.1 Å². The molecule has 2 heterocycles. The van der Waals surface area contributed by atoms with E-state index in [2.05, 4.69) is 14.7 Å². The third-order valence-corrected chi connectivity index (χ3v) is 5.26. The van der Waals surface area contributed by atoms with E-state index in [1.54, 1.807) is 29.2 Å². The summed E-state index contributed by atoms with van der Waals surface area (Å²) >= 11 is 0. The fourth-order valence-electron chi connectivity index (χ4n) is 3.52. The van der Waals surface area contributed by atoms with Crippen molar-refractivity contribution < 1.29 is 13.2 Å². The van der Waals surface area contributed by atoms with E-state index in [0.29, 0.717) is 17.8 Å². The number of hydrogen-bond acceptors (Lipinski definition) is 4. The van der Waals surface area contributed by atoms with Gasteiger partial charge in [-0.3, -0.25) is 9.52 Å². The predicted octanol–water partition coefficient (Wildman–Crippen LogP) is 2.91. The van der Waals surface area contributed by atoms with Crippen molar-refractivity contribution in [3.05, 3.63) is 59.9 Å². The first kappa shape index (κ1) is 17.5. The van der Waals surface area contributed by atoms with Gasteiger partial charge in [0.1, 0.15) is 5.82 Å². The number of imidazole rings is 1. The molecule has 0 unspecified atom stereocenters. The van der Waals surface area contributed by atoms with E-state index in [1.165, 1.54) is 0 Å². The van der Waals surface area contributed by atoms with Crippen molar-refractivity contribution in [1.82, 2.24) is 14.9 Å². The molecule has 0 spiro atoms. The number of anilines is 1. The number of carbonyl (C=O) groups is 1. The number of amides is 1. The van der Waals surface area contributed by atoms with Gasteiger partial charge in [0.25, 0.3) is 5.91 Å². The lowest BCUT2D eigenvalue weighted by atomic mass is 10.1. The summed E-state index contributed by atoms with van der Waals surface area (Å²) in [5.41, 5.74) is 2.66. The average Bonchev–Trinajstić information content (AvgIpc) is 3.26. The largest absolute Gasteiger partial charge is 0.340 e. The highest BCUT2D eigenvalue weighted by atomic mass is 32.2. The molecule has 7 nitrogen and oxygen atoms in total. The molecule has 0 bridgehead atoms. The summed E-state index contributed by atoms with van der Waals surface area (Å²) in [7, 11) is -3.40. The molecule has 0 radical (unpaired) electrons. The molecule has 0 aliphatic carbocycles. The minimum atomic E-state index is -3.40. The molecule has 8 heteroatoms. The summed E-state index contributed by atoms with van der Waals surface area (Å²) in [4.78, 5) is 22.8. The number of nitrogens with one attached hydrogen (secondary N) is 2. The summed E-state index contributed by atoms with van der Waals surface area (Å²) < 4.78 is 25.3. The number of nitrogens with zero attached hydrogens (tertiary/aromatic N) is 2. The first-order chi connectivity index (χ1) is 12.9. The second-order valence-corrected chi connectivity index (χ2v) is 8.50. The number of sulfonamides is 1. The van der Waals surface area contributed by atoms with Crippen LogP contribution in [-0.4, -0.2) is 42.0 Å². The first-order valence-electron chi connectivity index (χ1n) is 8.74. The molecular formula is C19H20N4O3S. The number of para-hydroxylation sites is 2. The normalized spacial score (nSPS) is 17.4. The van der Waals surface area contributed by atoms with Gasteiger partial charge in [0.05, 0.1) is 23.3 Å². The Morgan fingerprint density at radius 1 is 1.22 bits per heavy atom. The summed E-state index contributed by atoms with van der Waals surface area (Å²) in [6.07, 6.45) is 2.82. The van der Waals surface area contributed by atoms with Gasteiger partial charge >= 0.3 is 0 Å². The Labute approximate surface area is 157 Å². The molecule has 1 aliphatic rings. The average molecular weight is 384 g/mol. The van der Waals surface area contributed by atoms with E-state index >= 15 is 0 Å². The van der Waals surface area contributed by atoms with Crippen LogP contribution in [0.4, 0.5) is 5.69 Å². The van der Waals surface area contributed by atoms with Crippen molar-refractivity contribution in [2.24, 2.45) is 0 Å². The second-order valence-electron chi connectivity index (χ2n) is 6.75. The van der Waals surface area contributed by atoms with Crippen LogP contribution in [0.15, 0.2) is 48.5 Å². The van der Waals surface area contributed by atoms with E-state index in [9.17, 15) is 13.2 Å². The fraction of sp³-hybridized carbons (Fsp3) is 0.263. The van der Waals surface area contributed by atoms with Gasteiger partial charge in [-0.25, -0.2) is 13.4 Å². The minimum Gasteiger partial charge on any atom is -0.340 e. The zero-order valence-corrected chi connectivity index (χ0v) is 15.7. The van der Waals surface area contributed by atoms with Crippen molar-refractivity contribution in [3.63, 3.8) is 0 Å². The molecule has 2 aromatic carbocycles. The van der Waals surface area contributed by atoms with E-state index < -0.39 is 10.0 Å². The number of benzene rings is 2. The van der Waals surface area contributed by atoms with Gasteiger partial charge in [-0.05, 0) is 43.2 Å². The third-order valence-electron chi connectivity index (χ3n) is 4.65. The summed E-state index contributed by atoms with van der Waals surface area (Å²) in [5.74, 6) is 0.655. The molecule has 1 aliphatic heterocycles. The van der Waals surface area contributed by atoms with Crippen LogP contribution >= 0.6 is 0 Å². The van der Waals surface area contributed by atoms with Crippen molar-refractivity contribution in [2.75, 3.05) is 17.5 Å². The quantitative estimate of drug-likeness (QED) is 0.723. The molecule has 27 heavy (non-hydrogen) atoms. The molecule has 0 saturated carbocycles. The Hall–Kier alpha value is -2.87. The van der Waals surface area contributed by atoms with Crippen LogP contribution in [0.3, 0.4) is 0 Å². The van der Waals surface area contributed by atoms with Crippen molar-refractivity contribution in [1.29, 1.82) is 0 Å². The van der Waals surface area contributed by atoms with Gasteiger partial charge in [-0.15, -0.1) is 0 Å². The van der Waals surface area contributed by atoms with E-state index in [1.807, 2.05) is 24.3 Å². The van der Waals surface area contributed by atoms with E-state index in [4.69, 9.17) is 0 Å². The lowest BCUT2D eigenvalue weighted by Crippen LogP contribution is -2.31. The lowest BCUT2D eigenvalue weighted by molar-refractivity contribution is 0.0730. The zero-order chi connectivity index (χ0) is 19.0. The highest BCUT2D eigenvalue weighted by Gasteiger charge is 2.32. The van der Waals surface area contributed by atoms with Crippen molar-refractivity contribution in [2.45, 2.75) is 18.9 Å². The predicted molar refractivity (Wildman–Crippen MR) is 104 cm³/mol. The maximum atomic E-state index is 13.1. The van der Waals surface area contributed by atoms with Gasteiger partial charge in [0.15, 0.2) is 0 Å². The van der Waals surface area contributed by atoms with Gasteiger partial charge < -0.3 is 9.88 Å². The number of H-pyrrole nitrogens is 1. The summed E-state index contributed by atoms with van der Waals surface area (Å²) in [6.45, 7) is 0.643. The molecule has 140 valence electrons. The van der Waals surface area contributed by atoms with E-state index in [0.717, 1.165) is 36.0 Å². The number of carbonyl (C=O) groups excluding carboxylic acids is 1. The fourth-order valence-corrected chi connectivity index (χ4v) is 4.08. The van der Waals surface area contributed by atoms with Gasteiger partial charge in [0, 0.05) is 17.8 Å². The monoisotopic (exact) mass is 384 g/mol. The topological polar surface area (TPSA) is 95.2 Å². The number of aromatic nitrogens is 2. The molecular weight excluding hydrogens is 364 g/mol. The van der Waals surface area contributed by atoms with Crippen LogP contribution in [0.25, 0.3) is 11.0 Å². The van der Waals surface area contributed by atoms with Crippen molar-refractivity contribution in [3.8, 4) is 0 Å². The Balaban J connectivity index is 1.62.